The fourth-order valence-electron chi connectivity index (χ4n) is 2.40. The van der Waals surface area contributed by atoms with Gasteiger partial charge in [-0.15, -0.1) is 0 Å². The normalized spacial score (nSPS) is 15.1. The number of nitrogens with one attached hydrogen (secondary N) is 1. The second-order valence-electron chi connectivity index (χ2n) is 4.90. The number of ether oxygens (including phenoxy) is 2. The Kier molecular flexibility index (Phi) is 3.60. The van der Waals surface area contributed by atoms with Crippen LogP contribution >= 0.6 is 0 Å². The lowest BCUT2D eigenvalue weighted by atomic mass is 10.1. The van der Waals surface area contributed by atoms with E-state index in [4.69, 9.17) is 9.47 Å². The summed E-state index contributed by atoms with van der Waals surface area (Å²) in [7, 11) is 1.96. The number of aromatic nitrogens is 2. The van der Waals surface area contributed by atoms with Crippen LogP contribution in [0, 0.1) is 6.92 Å². The molecule has 0 bridgehead atoms. The lowest BCUT2D eigenvalue weighted by molar-refractivity contribution is 0.171. The minimum atomic E-state index is 0.185. The van der Waals surface area contributed by atoms with Gasteiger partial charge in [-0.05, 0) is 37.7 Å². The Bertz CT molecular complexity index is 595. The van der Waals surface area contributed by atoms with Crippen LogP contribution in [0.5, 0.6) is 11.5 Å². The zero-order chi connectivity index (χ0) is 13.9. The minimum absolute atomic E-state index is 0.185. The van der Waals surface area contributed by atoms with Crippen molar-refractivity contribution >= 4 is 0 Å². The van der Waals surface area contributed by atoms with Crippen LogP contribution in [-0.2, 0) is 6.54 Å². The van der Waals surface area contributed by atoms with Crippen LogP contribution < -0.4 is 14.8 Å². The van der Waals surface area contributed by atoms with Crippen molar-refractivity contribution in [1.29, 1.82) is 0 Å². The zero-order valence-electron chi connectivity index (χ0n) is 11.8. The summed E-state index contributed by atoms with van der Waals surface area (Å²) in [6.07, 6.45) is 1.83. The number of rotatable bonds is 4. The molecular formula is C15H19N3O2. The molecule has 106 valence electrons. The van der Waals surface area contributed by atoms with Crippen LogP contribution in [0.3, 0.4) is 0 Å². The van der Waals surface area contributed by atoms with Crippen LogP contribution in [-0.4, -0.2) is 30.0 Å². The Morgan fingerprint density at radius 2 is 2.05 bits per heavy atom. The van der Waals surface area contributed by atoms with E-state index in [0.717, 1.165) is 23.7 Å². The van der Waals surface area contributed by atoms with Gasteiger partial charge in [-0.3, -0.25) is 4.68 Å². The van der Waals surface area contributed by atoms with E-state index < -0.39 is 0 Å². The van der Waals surface area contributed by atoms with Gasteiger partial charge < -0.3 is 14.8 Å². The number of hydrogen-bond donors (Lipinski definition) is 1. The number of aryl methyl sites for hydroxylation is 1. The second-order valence-corrected chi connectivity index (χ2v) is 4.90. The van der Waals surface area contributed by atoms with Gasteiger partial charge in [-0.2, -0.15) is 5.10 Å². The third-order valence-corrected chi connectivity index (χ3v) is 3.60. The lowest BCUT2D eigenvalue weighted by Crippen LogP contribution is -2.23. The smallest absolute Gasteiger partial charge is 0.161 e. The SMILES string of the molecule is CNC(Cn1nccc1C)c1ccc2c(c1)OCCO2. The molecule has 1 unspecified atom stereocenters. The molecule has 0 aliphatic carbocycles. The average molecular weight is 273 g/mol. The van der Waals surface area contributed by atoms with Crippen molar-refractivity contribution in [1.82, 2.24) is 15.1 Å². The number of likely N-dealkylation sites (N-methyl/N-ethyl adjacent to an activating group) is 1. The fourth-order valence-corrected chi connectivity index (χ4v) is 2.40. The third-order valence-electron chi connectivity index (χ3n) is 3.60. The average Bonchev–Trinajstić information content (AvgIpc) is 2.89. The van der Waals surface area contributed by atoms with E-state index in [0.29, 0.717) is 13.2 Å². The predicted octanol–water partition coefficient (Wildman–Crippen LogP) is 1.92. The van der Waals surface area contributed by atoms with Crippen molar-refractivity contribution in [2.24, 2.45) is 0 Å². The number of hydrogen-bond acceptors (Lipinski definition) is 4. The van der Waals surface area contributed by atoms with E-state index in [1.54, 1.807) is 0 Å². The molecular weight excluding hydrogens is 254 g/mol. The Morgan fingerprint density at radius 1 is 1.25 bits per heavy atom. The van der Waals surface area contributed by atoms with E-state index in [2.05, 4.69) is 29.5 Å². The minimum Gasteiger partial charge on any atom is -0.486 e. The van der Waals surface area contributed by atoms with Gasteiger partial charge in [0.1, 0.15) is 13.2 Å². The summed E-state index contributed by atoms with van der Waals surface area (Å²) in [5.74, 6) is 1.65. The highest BCUT2D eigenvalue weighted by molar-refractivity contribution is 5.44. The topological polar surface area (TPSA) is 48.3 Å². The summed E-state index contributed by atoms with van der Waals surface area (Å²) in [4.78, 5) is 0. The summed E-state index contributed by atoms with van der Waals surface area (Å²) in [5, 5.41) is 7.67. The van der Waals surface area contributed by atoms with Gasteiger partial charge in [0, 0.05) is 11.9 Å². The molecule has 0 saturated carbocycles. The molecule has 1 aromatic heterocycles. The maximum atomic E-state index is 5.64. The summed E-state index contributed by atoms with van der Waals surface area (Å²) in [6, 6.07) is 8.30. The Morgan fingerprint density at radius 3 is 2.75 bits per heavy atom. The maximum absolute atomic E-state index is 5.64. The Labute approximate surface area is 118 Å². The van der Waals surface area contributed by atoms with Crippen molar-refractivity contribution < 1.29 is 9.47 Å². The summed E-state index contributed by atoms with van der Waals surface area (Å²) in [5.41, 5.74) is 2.33. The quantitative estimate of drug-likeness (QED) is 0.924. The molecule has 1 atom stereocenters. The van der Waals surface area contributed by atoms with Gasteiger partial charge in [0.2, 0.25) is 0 Å². The van der Waals surface area contributed by atoms with E-state index in [1.807, 2.05) is 30.1 Å². The molecule has 20 heavy (non-hydrogen) atoms. The highest BCUT2D eigenvalue weighted by atomic mass is 16.6. The lowest BCUT2D eigenvalue weighted by Gasteiger charge is -2.22. The molecule has 5 heteroatoms. The van der Waals surface area contributed by atoms with Crippen molar-refractivity contribution in [2.75, 3.05) is 20.3 Å². The summed E-state index contributed by atoms with van der Waals surface area (Å²) >= 11 is 0. The molecule has 1 aromatic carbocycles. The Hall–Kier alpha value is -2.01. The third kappa shape index (κ3) is 2.49. The standard InChI is InChI=1S/C15H19N3O2/c1-11-5-6-17-18(11)10-13(16-2)12-3-4-14-15(9-12)20-8-7-19-14/h3-6,9,13,16H,7-8,10H2,1-2H3. The molecule has 1 aliphatic heterocycles. The van der Waals surface area contributed by atoms with Crippen molar-refractivity contribution in [3.63, 3.8) is 0 Å². The van der Waals surface area contributed by atoms with Crippen LogP contribution in [0.1, 0.15) is 17.3 Å². The fraction of sp³-hybridized carbons (Fsp3) is 0.400. The molecule has 2 aromatic rings. The highest BCUT2D eigenvalue weighted by Crippen LogP contribution is 2.32. The molecule has 5 nitrogen and oxygen atoms in total. The van der Waals surface area contributed by atoms with Crippen LogP contribution in [0.15, 0.2) is 30.5 Å². The molecule has 0 spiro atoms. The monoisotopic (exact) mass is 273 g/mol. The van der Waals surface area contributed by atoms with E-state index >= 15 is 0 Å². The summed E-state index contributed by atoms with van der Waals surface area (Å²) in [6.45, 7) is 4.08. The first-order chi connectivity index (χ1) is 9.78. The first-order valence-electron chi connectivity index (χ1n) is 6.83. The molecule has 0 amide bonds. The molecule has 1 aliphatic rings. The van der Waals surface area contributed by atoms with Gasteiger partial charge in [0.05, 0.1) is 12.6 Å². The summed E-state index contributed by atoms with van der Waals surface area (Å²) < 4.78 is 13.2. The largest absolute Gasteiger partial charge is 0.486 e. The Balaban J connectivity index is 1.84. The van der Waals surface area contributed by atoms with Crippen molar-refractivity contribution in [3.05, 3.63) is 41.7 Å². The van der Waals surface area contributed by atoms with Gasteiger partial charge in [-0.1, -0.05) is 6.07 Å². The van der Waals surface area contributed by atoms with Crippen LogP contribution in [0.25, 0.3) is 0 Å². The van der Waals surface area contributed by atoms with Crippen molar-refractivity contribution in [3.8, 4) is 11.5 Å². The van der Waals surface area contributed by atoms with Crippen LogP contribution in [0.2, 0.25) is 0 Å². The van der Waals surface area contributed by atoms with Gasteiger partial charge >= 0.3 is 0 Å². The van der Waals surface area contributed by atoms with E-state index in [1.165, 1.54) is 5.56 Å². The maximum Gasteiger partial charge on any atom is 0.161 e. The number of nitrogens with zero attached hydrogens (tertiary/aromatic N) is 2. The first kappa shape index (κ1) is 13.0. The highest BCUT2D eigenvalue weighted by Gasteiger charge is 2.17. The first-order valence-corrected chi connectivity index (χ1v) is 6.83. The molecule has 1 N–H and O–H groups in total. The molecule has 0 fully saturated rings. The van der Waals surface area contributed by atoms with Crippen molar-refractivity contribution in [2.45, 2.75) is 19.5 Å². The second kappa shape index (κ2) is 5.54. The van der Waals surface area contributed by atoms with E-state index in [9.17, 15) is 0 Å². The predicted molar refractivity (Wildman–Crippen MR) is 76.2 cm³/mol. The van der Waals surface area contributed by atoms with E-state index in [-0.39, 0.29) is 6.04 Å². The number of fused-ring (bicyclic) bond motifs is 1. The number of benzene rings is 1. The van der Waals surface area contributed by atoms with Gasteiger partial charge in [0.25, 0.3) is 0 Å². The van der Waals surface area contributed by atoms with Crippen LogP contribution in [0.4, 0.5) is 0 Å². The van der Waals surface area contributed by atoms with Gasteiger partial charge in [-0.25, -0.2) is 0 Å². The zero-order valence-corrected chi connectivity index (χ0v) is 11.8. The molecule has 3 rings (SSSR count). The van der Waals surface area contributed by atoms with Gasteiger partial charge in [0.15, 0.2) is 11.5 Å². The molecule has 0 radical (unpaired) electrons. The molecule has 0 saturated heterocycles. The molecule has 2 heterocycles.